The minimum Gasteiger partial charge on any atom is -0.303 e. The number of hydrogen-bond donors (Lipinski definition) is 1. The first kappa shape index (κ1) is 14.9. The van der Waals surface area contributed by atoms with Gasteiger partial charge in [-0.3, -0.25) is 14.5 Å². The molecule has 0 aromatic rings. The van der Waals surface area contributed by atoms with Gasteiger partial charge in [0, 0.05) is 17.3 Å². The maximum absolute atomic E-state index is 12.2. The van der Waals surface area contributed by atoms with Crippen LogP contribution in [0.4, 0.5) is 0 Å². The molecule has 3 atom stereocenters. The Morgan fingerprint density at radius 1 is 1.32 bits per heavy atom. The summed E-state index contributed by atoms with van der Waals surface area (Å²) in [6.07, 6.45) is 7.20. The van der Waals surface area contributed by atoms with E-state index in [0.29, 0.717) is 17.7 Å². The Kier molecular flexibility index (Phi) is 4.90. The van der Waals surface area contributed by atoms with E-state index in [1.54, 1.807) is 0 Å². The van der Waals surface area contributed by atoms with Crippen LogP contribution in [0.3, 0.4) is 0 Å². The first-order chi connectivity index (χ1) is 9.02. The van der Waals surface area contributed by atoms with Crippen LogP contribution in [0.1, 0.15) is 46.0 Å². The molecule has 0 aromatic carbocycles. The molecule has 0 aromatic heterocycles. The van der Waals surface area contributed by atoms with E-state index in [9.17, 15) is 9.59 Å². The van der Waals surface area contributed by atoms with Crippen molar-refractivity contribution in [3.63, 3.8) is 0 Å². The first-order valence-corrected chi connectivity index (χ1v) is 8.46. The zero-order valence-electron chi connectivity index (χ0n) is 12.0. The zero-order valence-corrected chi connectivity index (χ0v) is 12.8. The van der Waals surface area contributed by atoms with Gasteiger partial charge in [0.1, 0.15) is 0 Å². The van der Waals surface area contributed by atoms with E-state index in [1.165, 1.54) is 17.7 Å². The minimum absolute atomic E-state index is 0.0305. The number of hydrogen-bond acceptors (Lipinski definition) is 4. The maximum atomic E-state index is 12.2. The fraction of sp³-hybridized carbons (Fsp3) is 0.857. The number of carbonyl (C=O) groups excluding carboxylic acids is 2. The van der Waals surface area contributed by atoms with Gasteiger partial charge in [-0.2, -0.15) is 11.8 Å². The van der Waals surface area contributed by atoms with Crippen molar-refractivity contribution in [1.29, 1.82) is 0 Å². The number of likely N-dealkylation sites (tertiary alicyclic amines) is 1. The summed E-state index contributed by atoms with van der Waals surface area (Å²) in [6, 6.07) is 0.0673. The van der Waals surface area contributed by atoms with Crippen LogP contribution >= 0.6 is 11.8 Å². The fourth-order valence-electron chi connectivity index (χ4n) is 3.12. The van der Waals surface area contributed by atoms with E-state index in [1.807, 2.05) is 25.6 Å². The average molecular weight is 284 g/mol. The number of carbonyl (C=O) groups is 2. The Labute approximate surface area is 119 Å². The van der Waals surface area contributed by atoms with Gasteiger partial charge in [-0.1, -0.05) is 6.42 Å². The van der Waals surface area contributed by atoms with Crippen LogP contribution in [0, 0.1) is 0 Å². The zero-order chi connectivity index (χ0) is 14.0. The predicted molar refractivity (Wildman–Crippen MR) is 78.1 cm³/mol. The molecular weight excluding hydrogens is 260 g/mol. The third-order valence-electron chi connectivity index (χ3n) is 4.10. The molecule has 1 saturated carbocycles. The molecule has 2 aliphatic rings. The maximum Gasteiger partial charge on any atom is 0.247 e. The molecule has 5 heteroatoms. The van der Waals surface area contributed by atoms with Gasteiger partial charge in [-0.15, -0.1) is 0 Å². The SMILES string of the molecule is CSC1CCCC(NC2CC(=O)N(C(C)C)C2=O)C1. The molecule has 19 heavy (non-hydrogen) atoms. The summed E-state index contributed by atoms with van der Waals surface area (Å²) in [5.41, 5.74) is 0. The Morgan fingerprint density at radius 2 is 2.05 bits per heavy atom. The van der Waals surface area contributed by atoms with Crippen LogP contribution < -0.4 is 5.32 Å². The number of imide groups is 1. The van der Waals surface area contributed by atoms with Gasteiger partial charge < -0.3 is 5.32 Å². The van der Waals surface area contributed by atoms with Crippen LogP contribution in [0.2, 0.25) is 0 Å². The fourth-order valence-corrected chi connectivity index (χ4v) is 3.95. The summed E-state index contributed by atoms with van der Waals surface area (Å²) in [5.74, 6) is -0.0685. The molecular formula is C14H24N2O2S. The van der Waals surface area contributed by atoms with Crippen molar-refractivity contribution in [2.24, 2.45) is 0 Å². The molecule has 108 valence electrons. The van der Waals surface area contributed by atoms with Gasteiger partial charge in [0.2, 0.25) is 11.8 Å². The van der Waals surface area contributed by atoms with Gasteiger partial charge in [0.05, 0.1) is 12.5 Å². The Bertz CT molecular complexity index is 359. The highest BCUT2D eigenvalue weighted by atomic mass is 32.2. The quantitative estimate of drug-likeness (QED) is 0.800. The number of amides is 2. The monoisotopic (exact) mass is 284 g/mol. The second-order valence-electron chi connectivity index (χ2n) is 5.84. The van der Waals surface area contributed by atoms with Crippen LogP contribution in [-0.2, 0) is 9.59 Å². The van der Waals surface area contributed by atoms with E-state index >= 15 is 0 Å². The van der Waals surface area contributed by atoms with Crippen molar-refractivity contribution in [2.45, 2.75) is 69.3 Å². The number of thioether (sulfide) groups is 1. The third kappa shape index (κ3) is 3.31. The Balaban J connectivity index is 1.93. The summed E-state index contributed by atoms with van der Waals surface area (Å²) >= 11 is 1.91. The largest absolute Gasteiger partial charge is 0.303 e. The molecule has 2 fully saturated rings. The van der Waals surface area contributed by atoms with Crippen molar-refractivity contribution in [1.82, 2.24) is 10.2 Å². The van der Waals surface area contributed by atoms with Gasteiger partial charge >= 0.3 is 0 Å². The molecule has 0 bridgehead atoms. The van der Waals surface area contributed by atoms with Crippen molar-refractivity contribution in [3.8, 4) is 0 Å². The molecule has 1 saturated heterocycles. The second-order valence-corrected chi connectivity index (χ2v) is 6.98. The molecule has 4 nitrogen and oxygen atoms in total. The highest BCUT2D eigenvalue weighted by molar-refractivity contribution is 7.99. The average Bonchev–Trinajstić information content (AvgIpc) is 2.64. The van der Waals surface area contributed by atoms with E-state index in [-0.39, 0.29) is 23.9 Å². The summed E-state index contributed by atoms with van der Waals surface area (Å²) in [5, 5.41) is 4.12. The van der Waals surface area contributed by atoms with Crippen molar-refractivity contribution >= 4 is 23.6 Å². The second kappa shape index (κ2) is 6.27. The van der Waals surface area contributed by atoms with Gasteiger partial charge in [0.25, 0.3) is 0 Å². The molecule has 0 spiro atoms. The molecule has 2 amide bonds. The summed E-state index contributed by atoms with van der Waals surface area (Å²) in [4.78, 5) is 25.5. The molecule has 2 rings (SSSR count). The van der Waals surface area contributed by atoms with E-state index in [4.69, 9.17) is 0 Å². The van der Waals surface area contributed by atoms with Crippen LogP contribution in [-0.4, -0.2) is 46.3 Å². The van der Waals surface area contributed by atoms with Crippen LogP contribution in [0.5, 0.6) is 0 Å². The highest BCUT2D eigenvalue weighted by Gasteiger charge is 2.41. The number of rotatable bonds is 4. The topological polar surface area (TPSA) is 49.4 Å². The minimum atomic E-state index is -0.291. The Hall–Kier alpha value is -0.550. The van der Waals surface area contributed by atoms with E-state index in [0.717, 1.165) is 12.8 Å². The molecule has 1 heterocycles. The predicted octanol–water partition coefficient (Wildman–Crippen LogP) is 1.79. The smallest absolute Gasteiger partial charge is 0.247 e. The van der Waals surface area contributed by atoms with Crippen LogP contribution in [0.25, 0.3) is 0 Å². The van der Waals surface area contributed by atoms with Crippen LogP contribution in [0.15, 0.2) is 0 Å². The standard InChI is InChI=1S/C14H24N2O2S/c1-9(2)16-13(17)8-12(14(16)18)15-10-5-4-6-11(7-10)19-3/h9-12,15H,4-8H2,1-3H3. The summed E-state index contributed by atoms with van der Waals surface area (Å²) in [6.45, 7) is 3.78. The lowest BCUT2D eigenvalue weighted by Crippen LogP contribution is -2.47. The molecule has 0 radical (unpaired) electrons. The van der Waals surface area contributed by atoms with Gasteiger partial charge in [-0.25, -0.2) is 0 Å². The van der Waals surface area contributed by atoms with Crippen molar-refractivity contribution in [2.75, 3.05) is 6.26 Å². The summed E-state index contributed by atoms with van der Waals surface area (Å²) < 4.78 is 0. The van der Waals surface area contributed by atoms with Gasteiger partial charge in [-0.05, 0) is 39.4 Å². The van der Waals surface area contributed by atoms with Crippen molar-refractivity contribution < 1.29 is 9.59 Å². The highest BCUT2D eigenvalue weighted by Crippen LogP contribution is 2.28. The van der Waals surface area contributed by atoms with Gasteiger partial charge in [0.15, 0.2) is 0 Å². The molecule has 1 N–H and O–H groups in total. The molecule has 3 unspecified atom stereocenters. The first-order valence-electron chi connectivity index (χ1n) is 7.17. The molecule has 1 aliphatic heterocycles. The summed E-state index contributed by atoms with van der Waals surface area (Å²) in [7, 11) is 0. The van der Waals surface area contributed by atoms with Crippen molar-refractivity contribution in [3.05, 3.63) is 0 Å². The normalized spacial score (nSPS) is 32.4. The number of nitrogens with zero attached hydrogens (tertiary/aromatic N) is 1. The van der Waals surface area contributed by atoms with E-state index in [2.05, 4.69) is 11.6 Å². The Morgan fingerprint density at radius 3 is 2.63 bits per heavy atom. The number of nitrogens with one attached hydrogen (secondary N) is 1. The lowest BCUT2D eigenvalue weighted by atomic mass is 9.94. The lowest BCUT2D eigenvalue weighted by molar-refractivity contribution is -0.140. The third-order valence-corrected chi connectivity index (χ3v) is 5.19. The van der Waals surface area contributed by atoms with E-state index < -0.39 is 0 Å². The lowest BCUT2D eigenvalue weighted by Gasteiger charge is -2.30. The molecule has 1 aliphatic carbocycles.